The molecular weight excluding hydrogens is 410 g/mol. The molecule has 8 nitrogen and oxygen atoms in total. The Morgan fingerprint density at radius 3 is 2.84 bits per heavy atom. The fourth-order valence-corrected chi connectivity index (χ4v) is 4.58. The Morgan fingerprint density at radius 2 is 2.06 bits per heavy atom. The van der Waals surface area contributed by atoms with E-state index >= 15 is 0 Å². The lowest BCUT2D eigenvalue weighted by Gasteiger charge is -2.33. The molecule has 0 saturated carbocycles. The van der Waals surface area contributed by atoms with Crippen LogP contribution in [0.2, 0.25) is 0 Å². The number of pyridine rings is 1. The number of rotatable bonds is 7. The minimum Gasteiger partial charge on any atom is -0.346 e. The zero-order valence-electron chi connectivity index (χ0n) is 18.3. The van der Waals surface area contributed by atoms with E-state index in [-0.39, 0.29) is 17.9 Å². The summed E-state index contributed by atoms with van der Waals surface area (Å²) in [6.07, 6.45) is 6.63. The number of amides is 1. The molecule has 4 heterocycles. The second-order valence-electron chi connectivity index (χ2n) is 8.07. The molecule has 1 aliphatic rings. The Balaban J connectivity index is 1.50. The predicted octanol–water partition coefficient (Wildman–Crippen LogP) is 2.96. The molecule has 0 unspecified atom stereocenters. The van der Waals surface area contributed by atoms with Gasteiger partial charge in [-0.2, -0.15) is 11.8 Å². The van der Waals surface area contributed by atoms with Gasteiger partial charge >= 0.3 is 0 Å². The number of thioether (sulfide) groups is 1. The lowest BCUT2D eigenvalue weighted by Crippen LogP contribution is -2.45. The van der Waals surface area contributed by atoms with E-state index in [0.717, 1.165) is 60.4 Å². The number of fused-ring (bicyclic) bond motifs is 1. The van der Waals surface area contributed by atoms with Gasteiger partial charge in [-0.3, -0.25) is 9.20 Å². The molecule has 0 aromatic carbocycles. The molecule has 9 heteroatoms. The van der Waals surface area contributed by atoms with Gasteiger partial charge in [-0.15, -0.1) is 10.2 Å². The van der Waals surface area contributed by atoms with Crippen LogP contribution in [0, 0.1) is 19.8 Å². The highest BCUT2D eigenvalue weighted by Gasteiger charge is 2.30. The number of piperidine rings is 1. The van der Waals surface area contributed by atoms with Crippen molar-refractivity contribution in [2.75, 3.05) is 30.0 Å². The first kappa shape index (κ1) is 21.5. The van der Waals surface area contributed by atoms with Gasteiger partial charge in [0.05, 0.1) is 12.0 Å². The van der Waals surface area contributed by atoms with Crippen LogP contribution >= 0.6 is 11.8 Å². The van der Waals surface area contributed by atoms with Crippen molar-refractivity contribution in [2.45, 2.75) is 39.2 Å². The lowest BCUT2D eigenvalue weighted by atomic mass is 9.96. The first-order valence-corrected chi connectivity index (χ1v) is 12.1. The third-order valence-corrected chi connectivity index (χ3v) is 6.27. The van der Waals surface area contributed by atoms with Crippen molar-refractivity contribution in [3.05, 3.63) is 47.7 Å². The maximum atomic E-state index is 13.3. The Hall–Kier alpha value is -2.68. The van der Waals surface area contributed by atoms with E-state index in [0.29, 0.717) is 6.54 Å². The number of anilines is 1. The van der Waals surface area contributed by atoms with Crippen LogP contribution in [0.1, 0.15) is 42.5 Å². The van der Waals surface area contributed by atoms with Gasteiger partial charge < -0.3 is 10.2 Å². The first-order chi connectivity index (χ1) is 15.0. The minimum atomic E-state index is -0.176. The highest BCUT2D eigenvalue weighted by molar-refractivity contribution is 7.98. The summed E-state index contributed by atoms with van der Waals surface area (Å²) >= 11 is 1.76. The van der Waals surface area contributed by atoms with Crippen LogP contribution in [-0.4, -0.2) is 55.6 Å². The van der Waals surface area contributed by atoms with Gasteiger partial charge in [-0.25, -0.2) is 9.97 Å². The summed E-state index contributed by atoms with van der Waals surface area (Å²) in [7, 11) is 0. The molecule has 1 saturated heterocycles. The number of aryl methyl sites for hydroxylation is 2. The quantitative estimate of drug-likeness (QED) is 0.605. The summed E-state index contributed by atoms with van der Waals surface area (Å²) in [5, 5.41) is 11.9. The van der Waals surface area contributed by atoms with Crippen LogP contribution in [0.3, 0.4) is 0 Å². The molecule has 2 atom stereocenters. The van der Waals surface area contributed by atoms with Crippen LogP contribution in [0.25, 0.3) is 5.65 Å². The molecule has 3 aromatic heterocycles. The molecule has 0 spiro atoms. The predicted molar refractivity (Wildman–Crippen MR) is 123 cm³/mol. The van der Waals surface area contributed by atoms with Gasteiger partial charge in [0.2, 0.25) is 11.9 Å². The molecule has 0 aliphatic carbocycles. The first-order valence-electron chi connectivity index (χ1n) is 10.7. The summed E-state index contributed by atoms with van der Waals surface area (Å²) in [4.78, 5) is 24.6. The molecule has 31 heavy (non-hydrogen) atoms. The van der Waals surface area contributed by atoms with Gasteiger partial charge in [0, 0.05) is 30.7 Å². The Bertz CT molecular complexity index is 1030. The average Bonchev–Trinajstić information content (AvgIpc) is 3.20. The van der Waals surface area contributed by atoms with Crippen molar-refractivity contribution in [2.24, 2.45) is 5.92 Å². The van der Waals surface area contributed by atoms with E-state index in [1.807, 2.05) is 48.7 Å². The molecule has 1 fully saturated rings. The SMILES string of the molecule is CSCC[C@@H](NC(=O)[C@@H]1CCCN(c2nc(C)cc(C)n2)C1)c1nnc2ccccn12. The zero-order valence-corrected chi connectivity index (χ0v) is 19.1. The van der Waals surface area contributed by atoms with E-state index in [2.05, 4.69) is 36.6 Å². The molecule has 0 bridgehead atoms. The Kier molecular flexibility index (Phi) is 6.70. The minimum absolute atomic E-state index is 0.0628. The number of hydrogen-bond acceptors (Lipinski definition) is 7. The maximum absolute atomic E-state index is 13.3. The Labute approximate surface area is 186 Å². The van der Waals surface area contributed by atoms with Crippen molar-refractivity contribution in [1.82, 2.24) is 29.9 Å². The van der Waals surface area contributed by atoms with Crippen LogP contribution in [0.15, 0.2) is 30.5 Å². The van der Waals surface area contributed by atoms with E-state index in [1.165, 1.54) is 0 Å². The van der Waals surface area contributed by atoms with Crippen LogP contribution < -0.4 is 10.2 Å². The van der Waals surface area contributed by atoms with Gasteiger partial charge in [-0.1, -0.05) is 6.07 Å². The molecule has 164 valence electrons. The molecular formula is C22H29N7OS. The normalized spacial score (nSPS) is 17.6. The van der Waals surface area contributed by atoms with Crippen molar-refractivity contribution in [3.8, 4) is 0 Å². The fourth-order valence-electron chi connectivity index (χ4n) is 4.11. The topological polar surface area (TPSA) is 88.3 Å². The standard InChI is InChI=1S/C22H29N7OS/c1-15-13-16(2)24-22(23-15)28-10-6-7-17(14-28)21(30)25-18(9-12-31-3)20-27-26-19-8-4-5-11-29(19)20/h4-5,8,11,13,17-18H,6-7,9-10,12,14H2,1-3H3,(H,25,30)/t17-,18-/m1/s1. The van der Waals surface area contributed by atoms with E-state index < -0.39 is 0 Å². The van der Waals surface area contributed by atoms with Crippen molar-refractivity contribution in [1.29, 1.82) is 0 Å². The highest BCUT2D eigenvalue weighted by Crippen LogP contribution is 2.24. The number of carbonyl (C=O) groups excluding carboxylic acids is 1. The summed E-state index contributed by atoms with van der Waals surface area (Å²) in [5.41, 5.74) is 2.69. The smallest absolute Gasteiger partial charge is 0.225 e. The lowest BCUT2D eigenvalue weighted by molar-refractivity contribution is -0.126. The number of hydrogen-bond donors (Lipinski definition) is 1. The van der Waals surface area contributed by atoms with Crippen LogP contribution in [0.5, 0.6) is 0 Å². The van der Waals surface area contributed by atoms with Crippen molar-refractivity contribution >= 4 is 29.3 Å². The molecule has 1 aliphatic heterocycles. The number of nitrogens with one attached hydrogen (secondary N) is 1. The highest BCUT2D eigenvalue weighted by atomic mass is 32.2. The average molecular weight is 440 g/mol. The molecule has 3 aromatic rings. The third kappa shape index (κ3) is 4.98. The second kappa shape index (κ2) is 9.64. The monoisotopic (exact) mass is 439 g/mol. The third-order valence-electron chi connectivity index (χ3n) is 5.62. The summed E-state index contributed by atoms with van der Waals surface area (Å²) < 4.78 is 1.96. The molecule has 1 amide bonds. The number of carbonyl (C=O) groups is 1. The number of aromatic nitrogens is 5. The number of nitrogens with zero attached hydrogens (tertiary/aromatic N) is 6. The van der Waals surface area contributed by atoms with E-state index in [4.69, 9.17) is 0 Å². The van der Waals surface area contributed by atoms with Crippen molar-refractivity contribution in [3.63, 3.8) is 0 Å². The summed E-state index contributed by atoms with van der Waals surface area (Å²) in [6, 6.07) is 7.61. The fraction of sp³-hybridized carbons (Fsp3) is 0.500. The Morgan fingerprint density at radius 1 is 1.26 bits per heavy atom. The van der Waals surface area contributed by atoms with Gasteiger partial charge in [0.1, 0.15) is 0 Å². The van der Waals surface area contributed by atoms with E-state index in [1.54, 1.807) is 11.8 Å². The van der Waals surface area contributed by atoms with Crippen LogP contribution in [0.4, 0.5) is 5.95 Å². The second-order valence-corrected chi connectivity index (χ2v) is 9.05. The molecule has 4 rings (SSSR count). The van der Waals surface area contributed by atoms with Gasteiger partial charge in [0.25, 0.3) is 0 Å². The van der Waals surface area contributed by atoms with Crippen LogP contribution in [-0.2, 0) is 4.79 Å². The van der Waals surface area contributed by atoms with Gasteiger partial charge in [0.15, 0.2) is 11.5 Å². The molecule has 0 radical (unpaired) electrons. The summed E-state index contributed by atoms with van der Waals surface area (Å²) in [5.74, 6) is 2.39. The van der Waals surface area contributed by atoms with Crippen molar-refractivity contribution < 1.29 is 4.79 Å². The molecule has 1 N–H and O–H groups in total. The summed E-state index contributed by atoms with van der Waals surface area (Å²) in [6.45, 7) is 5.46. The van der Waals surface area contributed by atoms with Gasteiger partial charge in [-0.05, 0) is 63.3 Å². The zero-order chi connectivity index (χ0) is 21.8. The van der Waals surface area contributed by atoms with E-state index in [9.17, 15) is 4.79 Å². The maximum Gasteiger partial charge on any atom is 0.225 e. The largest absolute Gasteiger partial charge is 0.346 e.